The quantitative estimate of drug-likeness (QED) is 0.204. The van der Waals surface area contributed by atoms with Crippen LogP contribution in [0.25, 0.3) is 11.1 Å². The van der Waals surface area contributed by atoms with Crippen LogP contribution in [0.4, 0.5) is 10.7 Å². The largest absolute Gasteiger partial charge is 0.481 e. The molecule has 212 valence electrons. The van der Waals surface area contributed by atoms with Crippen molar-refractivity contribution in [2.24, 2.45) is 0 Å². The molecular formula is C33H34N2O5S. The molecule has 41 heavy (non-hydrogen) atoms. The molecule has 2 amide bonds. The van der Waals surface area contributed by atoms with Gasteiger partial charge in [0.05, 0.1) is 6.61 Å². The Bertz CT molecular complexity index is 1550. The summed E-state index contributed by atoms with van der Waals surface area (Å²) in [6.45, 7) is 11.6. The molecule has 0 unspecified atom stereocenters. The summed E-state index contributed by atoms with van der Waals surface area (Å²) >= 11 is 1.27. The van der Waals surface area contributed by atoms with Crippen LogP contribution in [0.15, 0.2) is 66.0 Å². The maximum Gasteiger partial charge on any atom is 0.341 e. The number of aryl methyl sites for hydroxylation is 4. The second kappa shape index (κ2) is 12.8. The van der Waals surface area contributed by atoms with E-state index >= 15 is 0 Å². The molecule has 0 aliphatic carbocycles. The van der Waals surface area contributed by atoms with Crippen LogP contribution >= 0.6 is 11.3 Å². The van der Waals surface area contributed by atoms with Crippen LogP contribution in [-0.2, 0) is 9.53 Å². The number of hydrogen-bond donors (Lipinski definition) is 2. The third-order valence-corrected chi connectivity index (χ3v) is 7.48. The lowest BCUT2D eigenvalue weighted by Crippen LogP contribution is -2.30. The fourth-order valence-corrected chi connectivity index (χ4v) is 5.47. The van der Waals surface area contributed by atoms with Gasteiger partial charge in [0, 0.05) is 22.2 Å². The molecule has 1 aromatic heterocycles. The van der Waals surface area contributed by atoms with Crippen LogP contribution in [0, 0.1) is 27.7 Å². The number of carbonyl (C=O) groups is 3. The van der Waals surface area contributed by atoms with E-state index in [1.165, 1.54) is 11.3 Å². The summed E-state index contributed by atoms with van der Waals surface area (Å²) in [6, 6.07) is 18.4. The highest BCUT2D eigenvalue weighted by Gasteiger charge is 2.23. The Kier molecular flexibility index (Phi) is 9.24. The average Bonchev–Trinajstić information content (AvgIpc) is 3.35. The number of nitrogens with one attached hydrogen (secondary N) is 2. The van der Waals surface area contributed by atoms with E-state index in [0.29, 0.717) is 27.4 Å². The van der Waals surface area contributed by atoms with Crippen molar-refractivity contribution < 1.29 is 23.9 Å². The maximum atomic E-state index is 13.1. The first-order chi connectivity index (χ1) is 19.6. The van der Waals surface area contributed by atoms with Gasteiger partial charge in [-0.3, -0.25) is 9.59 Å². The number of esters is 1. The molecule has 1 atom stereocenters. The summed E-state index contributed by atoms with van der Waals surface area (Å²) in [5, 5.41) is 8.08. The summed E-state index contributed by atoms with van der Waals surface area (Å²) in [7, 11) is 0. The molecule has 3 aromatic carbocycles. The molecule has 0 saturated heterocycles. The van der Waals surface area contributed by atoms with Crippen LogP contribution in [0.1, 0.15) is 56.8 Å². The third-order valence-electron chi connectivity index (χ3n) is 6.58. The lowest BCUT2D eigenvalue weighted by molar-refractivity contribution is -0.122. The summed E-state index contributed by atoms with van der Waals surface area (Å²) in [5.41, 5.74) is 7.27. The molecule has 7 nitrogen and oxygen atoms in total. The zero-order valence-corrected chi connectivity index (χ0v) is 24.9. The van der Waals surface area contributed by atoms with Crippen molar-refractivity contribution in [3.05, 3.63) is 99.4 Å². The Morgan fingerprint density at radius 1 is 0.854 bits per heavy atom. The smallest absolute Gasteiger partial charge is 0.341 e. The van der Waals surface area contributed by atoms with E-state index in [-0.39, 0.29) is 18.4 Å². The van der Waals surface area contributed by atoms with Crippen molar-refractivity contribution in [3.63, 3.8) is 0 Å². The van der Waals surface area contributed by atoms with Gasteiger partial charge in [-0.2, -0.15) is 0 Å². The van der Waals surface area contributed by atoms with Crippen molar-refractivity contribution in [1.29, 1.82) is 0 Å². The van der Waals surface area contributed by atoms with E-state index in [4.69, 9.17) is 9.47 Å². The minimum Gasteiger partial charge on any atom is -0.481 e. The minimum absolute atomic E-state index is 0.220. The standard InChI is InChI=1S/C33H34N2O5S/c1-7-39-33(38)28-27(24-10-8-19(2)9-11-24)18-41-32(28)35-31(37)25-12-14-26(15-13-25)40-23(6)30(36)34-29-21(4)16-20(3)17-22(29)5/h8-18,23H,7H2,1-6H3,(H,34,36)(H,35,37)/t23-/m1/s1. The van der Waals surface area contributed by atoms with Gasteiger partial charge in [0.25, 0.3) is 11.8 Å². The molecule has 4 rings (SSSR count). The molecule has 1 heterocycles. The minimum atomic E-state index is -0.756. The topological polar surface area (TPSA) is 93.7 Å². The fourth-order valence-electron chi connectivity index (χ4n) is 4.52. The first-order valence-electron chi connectivity index (χ1n) is 13.4. The fraction of sp³-hybridized carbons (Fsp3) is 0.242. The van der Waals surface area contributed by atoms with E-state index in [1.807, 2.05) is 69.5 Å². The predicted octanol–water partition coefficient (Wildman–Crippen LogP) is 7.48. The van der Waals surface area contributed by atoms with Gasteiger partial charge in [-0.05, 0) is 82.5 Å². The monoisotopic (exact) mass is 570 g/mol. The van der Waals surface area contributed by atoms with Gasteiger partial charge < -0.3 is 20.1 Å². The maximum absolute atomic E-state index is 13.1. The van der Waals surface area contributed by atoms with Gasteiger partial charge in [-0.25, -0.2) is 4.79 Å². The molecule has 8 heteroatoms. The number of hydrogen-bond acceptors (Lipinski definition) is 6. The van der Waals surface area contributed by atoms with Gasteiger partial charge in [-0.1, -0.05) is 47.5 Å². The van der Waals surface area contributed by atoms with E-state index in [9.17, 15) is 14.4 Å². The number of carbonyl (C=O) groups excluding carboxylic acids is 3. The Morgan fingerprint density at radius 3 is 2.10 bits per heavy atom. The average molecular weight is 571 g/mol. The summed E-state index contributed by atoms with van der Waals surface area (Å²) < 4.78 is 11.1. The Morgan fingerprint density at radius 2 is 1.49 bits per heavy atom. The summed E-state index contributed by atoms with van der Waals surface area (Å²) in [4.78, 5) is 38.8. The van der Waals surface area contributed by atoms with Crippen LogP contribution in [-0.4, -0.2) is 30.5 Å². The normalized spacial score (nSPS) is 11.5. The van der Waals surface area contributed by atoms with E-state index in [2.05, 4.69) is 10.6 Å². The number of benzene rings is 3. The SMILES string of the molecule is CCOC(=O)c1c(-c2ccc(C)cc2)csc1NC(=O)c1ccc(O[C@H](C)C(=O)Nc2c(C)cc(C)cc2C)cc1. The van der Waals surface area contributed by atoms with Gasteiger partial charge >= 0.3 is 5.97 Å². The second-order valence-electron chi connectivity index (χ2n) is 9.94. The summed E-state index contributed by atoms with van der Waals surface area (Å²) in [5.74, 6) is -0.691. The van der Waals surface area contributed by atoms with E-state index in [0.717, 1.165) is 33.5 Å². The van der Waals surface area contributed by atoms with Crippen molar-refractivity contribution in [2.75, 3.05) is 17.2 Å². The van der Waals surface area contributed by atoms with Crippen LogP contribution in [0.3, 0.4) is 0 Å². The Balaban J connectivity index is 1.45. The molecular weight excluding hydrogens is 536 g/mol. The number of thiophene rings is 1. The lowest BCUT2D eigenvalue weighted by atomic mass is 10.0. The zero-order valence-electron chi connectivity index (χ0n) is 24.1. The van der Waals surface area contributed by atoms with Crippen LogP contribution in [0.2, 0.25) is 0 Å². The molecule has 0 saturated carbocycles. The Labute approximate surface area is 244 Å². The molecule has 2 N–H and O–H groups in total. The Hall–Kier alpha value is -4.43. The predicted molar refractivity (Wildman–Crippen MR) is 164 cm³/mol. The van der Waals surface area contributed by atoms with E-state index < -0.39 is 12.1 Å². The van der Waals surface area contributed by atoms with Crippen molar-refractivity contribution in [2.45, 2.75) is 47.6 Å². The van der Waals surface area contributed by atoms with Gasteiger partial charge in [0.15, 0.2) is 6.10 Å². The first-order valence-corrected chi connectivity index (χ1v) is 14.3. The molecule has 0 aliphatic rings. The first kappa shape index (κ1) is 29.6. The zero-order chi connectivity index (χ0) is 29.7. The molecule has 0 aliphatic heterocycles. The van der Waals surface area contributed by atoms with Crippen LogP contribution < -0.4 is 15.4 Å². The second-order valence-corrected chi connectivity index (χ2v) is 10.8. The van der Waals surface area contributed by atoms with Crippen molar-refractivity contribution in [1.82, 2.24) is 0 Å². The van der Waals surface area contributed by atoms with E-state index in [1.54, 1.807) is 38.1 Å². The number of amides is 2. The number of rotatable bonds is 9. The van der Waals surface area contributed by atoms with Gasteiger partial charge in [-0.15, -0.1) is 11.3 Å². The number of ether oxygens (including phenoxy) is 2. The highest BCUT2D eigenvalue weighted by Crippen LogP contribution is 2.36. The third kappa shape index (κ3) is 7.02. The highest BCUT2D eigenvalue weighted by molar-refractivity contribution is 7.15. The molecule has 0 spiro atoms. The lowest BCUT2D eigenvalue weighted by Gasteiger charge is -2.18. The highest BCUT2D eigenvalue weighted by atomic mass is 32.1. The molecule has 4 aromatic rings. The molecule has 0 bridgehead atoms. The van der Waals surface area contributed by atoms with Gasteiger partial charge in [0.2, 0.25) is 0 Å². The number of anilines is 2. The molecule has 0 radical (unpaired) electrons. The molecule has 0 fully saturated rings. The summed E-state index contributed by atoms with van der Waals surface area (Å²) in [6.07, 6.45) is -0.756. The van der Waals surface area contributed by atoms with Crippen molar-refractivity contribution in [3.8, 4) is 16.9 Å². The van der Waals surface area contributed by atoms with Gasteiger partial charge in [0.1, 0.15) is 16.3 Å². The van der Waals surface area contributed by atoms with Crippen LogP contribution in [0.5, 0.6) is 5.75 Å². The van der Waals surface area contributed by atoms with Crippen molar-refractivity contribution >= 4 is 39.8 Å².